The molecule has 0 saturated heterocycles. The fraction of sp³-hybridized carbons (Fsp3) is 0.276. The molecule has 6 nitrogen and oxygen atoms in total. The lowest BCUT2D eigenvalue weighted by molar-refractivity contribution is -0.141. The van der Waals surface area contributed by atoms with Gasteiger partial charge in [-0.05, 0) is 72.3 Å². The zero-order valence-electron chi connectivity index (χ0n) is 21.0. The minimum Gasteiger partial charge on any atom is -0.368 e. The first-order valence-corrected chi connectivity index (χ1v) is 12.7. The molecular weight excluding hydrogens is 510 g/mol. The molecule has 0 amide bonds. The third kappa shape index (κ3) is 6.30. The molecule has 5 N–H and O–H groups in total. The van der Waals surface area contributed by atoms with Crippen LogP contribution in [0.15, 0.2) is 78.9 Å². The van der Waals surface area contributed by atoms with E-state index < -0.39 is 23.9 Å². The Morgan fingerprint density at radius 1 is 0.974 bits per heavy atom. The minimum absolute atomic E-state index is 0.0498. The van der Waals surface area contributed by atoms with Gasteiger partial charge in [-0.2, -0.15) is 18.3 Å². The van der Waals surface area contributed by atoms with Gasteiger partial charge in [0.25, 0.3) is 0 Å². The van der Waals surface area contributed by atoms with Crippen molar-refractivity contribution in [3.05, 3.63) is 113 Å². The fourth-order valence-electron chi connectivity index (χ4n) is 4.49. The lowest BCUT2D eigenvalue weighted by Gasteiger charge is -2.22. The first-order chi connectivity index (χ1) is 18.7. The van der Waals surface area contributed by atoms with Crippen molar-refractivity contribution in [1.29, 1.82) is 0 Å². The van der Waals surface area contributed by atoms with Crippen molar-refractivity contribution in [2.75, 3.05) is 11.9 Å². The van der Waals surface area contributed by atoms with E-state index >= 15 is 0 Å². The Labute approximate surface area is 223 Å². The third-order valence-corrected chi connectivity index (χ3v) is 6.75. The van der Waals surface area contributed by atoms with Gasteiger partial charge in [0.1, 0.15) is 5.82 Å². The summed E-state index contributed by atoms with van der Waals surface area (Å²) in [4.78, 5) is 0. The molecule has 204 valence electrons. The summed E-state index contributed by atoms with van der Waals surface area (Å²) in [5.41, 5.74) is 6.96. The Bertz CT molecular complexity index is 1420. The van der Waals surface area contributed by atoms with Crippen LogP contribution in [0.25, 0.3) is 5.69 Å². The largest absolute Gasteiger partial charge is 0.435 e. The molecule has 1 heterocycles. The molecule has 1 aliphatic carbocycles. The number of hydrogen-bond acceptors (Lipinski definition) is 5. The average Bonchev–Trinajstić information content (AvgIpc) is 3.64. The number of rotatable bonds is 10. The monoisotopic (exact) mass is 539 g/mol. The van der Waals surface area contributed by atoms with Crippen LogP contribution in [0.4, 0.5) is 23.2 Å². The standard InChI is InChI=1S/C29H29F4N5O/c30-23-12-11-21(27(35-17-18-9-10-18)20-6-2-1-3-7-20)14-24(23)36-28(39)25-15-26(29(31,32)33)37-38(25)22-8-4-5-19(13-22)16-34/h1-8,11-15,18,27-28,35-36,39H,9-10,16-17,34H2. The molecule has 0 bridgehead atoms. The van der Waals surface area contributed by atoms with Crippen LogP contribution >= 0.6 is 0 Å². The number of benzene rings is 3. The molecule has 1 aromatic heterocycles. The van der Waals surface area contributed by atoms with Crippen LogP contribution in [-0.4, -0.2) is 21.4 Å². The van der Waals surface area contributed by atoms with Gasteiger partial charge >= 0.3 is 6.18 Å². The number of nitrogens with two attached hydrogens (primary N) is 1. The van der Waals surface area contributed by atoms with Crippen molar-refractivity contribution in [2.45, 2.75) is 37.8 Å². The topological polar surface area (TPSA) is 88.1 Å². The number of halogens is 4. The molecule has 0 aliphatic heterocycles. The summed E-state index contributed by atoms with van der Waals surface area (Å²) in [7, 11) is 0. The summed E-state index contributed by atoms with van der Waals surface area (Å²) >= 11 is 0. The Morgan fingerprint density at radius 3 is 2.44 bits per heavy atom. The van der Waals surface area contributed by atoms with E-state index in [1.807, 2.05) is 30.3 Å². The van der Waals surface area contributed by atoms with Crippen LogP contribution in [0, 0.1) is 11.7 Å². The highest BCUT2D eigenvalue weighted by molar-refractivity contribution is 5.51. The lowest BCUT2D eigenvalue weighted by atomic mass is 9.97. The second-order valence-corrected chi connectivity index (χ2v) is 9.72. The third-order valence-electron chi connectivity index (χ3n) is 6.75. The number of anilines is 1. The van der Waals surface area contributed by atoms with Gasteiger partial charge in [0.05, 0.1) is 23.1 Å². The summed E-state index contributed by atoms with van der Waals surface area (Å²) in [6.45, 7) is 0.982. The maximum atomic E-state index is 14.9. The Balaban J connectivity index is 1.47. The highest BCUT2D eigenvalue weighted by Crippen LogP contribution is 2.34. The molecule has 0 radical (unpaired) electrons. The van der Waals surface area contributed by atoms with E-state index in [1.54, 1.807) is 36.4 Å². The number of hydrogen-bond donors (Lipinski definition) is 4. The van der Waals surface area contributed by atoms with E-state index in [9.17, 15) is 22.7 Å². The van der Waals surface area contributed by atoms with E-state index in [2.05, 4.69) is 15.7 Å². The van der Waals surface area contributed by atoms with Gasteiger partial charge in [-0.3, -0.25) is 0 Å². The predicted molar refractivity (Wildman–Crippen MR) is 140 cm³/mol. The molecule has 2 atom stereocenters. The van der Waals surface area contributed by atoms with Crippen molar-refractivity contribution in [1.82, 2.24) is 15.1 Å². The number of nitrogens with zero attached hydrogens (tertiary/aromatic N) is 2. The van der Waals surface area contributed by atoms with Gasteiger partial charge in [0.2, 0.25) is 0 Å². The number of aliphatic hydroxyl groups excluding tert-OH is 1. The Kier molecular flexibility index (Phi) is 7.69. The summed E-state index contributed by atoms with van der Waals surface area (Å²) in [5, 5.41) is 20.9. The van der Waals surface area contributed by atoms with Crippen LogP contribution in [0.5, 0.6) is 0 Å². The Morgan fingerprint density at radius 2 is 1.74 bits per heavy atom. The zero-order chi connectivity index (χ0) is 27.6. The zero-order valence-corrected chi connectivity index (χ0v) is 21.0. The van der Waals surface area contributed by atoms with Gasteiger partial charge in [-0.1, -0.05) is 48.5 Å². The van der Waals surface area contributed by atoms with Crippen molar-refractivity contribution in [3.8, 4) is 5.69 Å². The number of alkyl halides is 3. The summed E-state index contributed by atoms with van der Waals surface area (Å²) in [6.07, 6.45) is -4.11. The van der Waals surface area contributed by atoms with E-state index in [0.29, 0.717) is 11.5 Å². The first kappa shape index (κ1) is 26.9. The second kappa shape index (κ2) is 11.2. The summed E-state index contributed by atoms with van der Waals surface area (Å²) in [6, 6.07) is 21.2. The van der Waals surface area contributed by atoms with Crippen molar-refractivity contribution in [3.63, 3.8) is 0 Å². The molecule has 5 rings (SSSR count). The SMILES string of the molecule is NCc1cccc(-n2nc(C(F)(F)F)cc2C(O)Nc2cc(C(NCC3CC3)c3ccccc3)ccc2F)c1. The molecular formula is C29H29F4N5O. The average molecular weight is 540 g/mol. The molecule has 2 unspecified atom stereocenters. The minimum atomic E-state index is -4.74. The predicted octanol–water partition coefficient (Wildman–Crippen LogP) is 5.68. The van der Waals surface area contributed by atoms with E-state index in [-0.39, 0.29) is 29.7 Å². The van der Waals surface area contributed by atoms with Crippen molar-refractivity contribution in [2.24, 2.45) is 11.7 Å². The van der Waals surface area contributed by atoms with E-state index in [1.165, 1.54) is 18.9 Å². The maximum absolute atomic E-state index is 14.9. The van der Waals surface area contributed by atoms with Gasteiger partial charge in [0, 0.05) is 6.54 Å². The van der Waals surface area contributed by atoms with Gasteiger partial charge in [-0.15, -0.1) is 0 Å². The molecule has 1 saturated carbocycles. The molecule has 39 heavy (non-hydrogen) atoms. The molecule has 1 aliphatic rings. The molecule has 1 fully saturated rings. The first-order valence-electron chi connectivity index (χ1n) is 12.7. The smallest absolute Gasteiger partial charge is 0.368 e. The highest BCUT2D eigenvalue weighted by Gasteiger charge is 2.36. The molecule has 0 spiro atoms. The molecule has 10 heteroatoms. The quantitative estimate of drug-likeness (QED) is 0.154. The summed E-state index contributed by atoms with van der Waals surface area (Å²) < 4.78 is 56.6. The van der Waals surface area contributed by atoms with E-state index in [4.69, 9.17) is 5.73 Å². The van der Waals surface area contributed by atoms with Gasteiger partial charge in [0.15, 0.2) is 11.9 Å². The van der Waals surface area contributed by atoms with Crippen molar-refractivity contribution < 1.29 is 22.7 Å². The van der Waals surface area contributed by atoms with Crippen LogP contribution in [0.1, 0.15) is 53.2 Å². The second-order valence-electron chi connectivity index (χ2n) is 9.72. The molecule has 3 aromatic carbocycles. The number of aliphatic hydroxyl groups is 1. The van der Waals surface area contributed by atoms with E-state index in [0.717, 1.165) is 28.4 Å². The van der Waals surface area contributed by atoms with Crippen LogP contribution in [-0.2, 0) is 12.7 Å². The Hall–Kier alpha value is -3.73. The van der Waals surface area contributed by atoms with Gasteiger partial charge < -0.3 is 21.5 Å². The maximum Gasteiger partial charge on any atom is 0.435 e. The van der Waals surface area contributed by atoms with Crippen molar-refractivity contribution >= 4 is 5.69 Å². The fourth-order valence-corrected chi connectivity index (χ4v) is 4.49. The lowest BCUT2D eigenvalue weighted by Crippen LogP contribution is -2.25. The number of nitrogens with one attached hydrogen (secondary N) is 2. The normalized spacial score (nSPS) is 15.2. The number of aromatic nitrogens is 2. The highest BCUT2D eigenvalue weighted by atomic mass is 19.4. The van der Waals surface area contributed by atoms with Crippen LogP contribution in [0.3, 0.4) is 0 Å². The molecule has 4 aromatic rings. The van der Waals surface area contributed by atoms with Gasteiger partial charge in [-0.25, -0.2) is 9.07 Å². The van der Waals surface area contributed by atoms with Crippen LogP contribution in [0.2, 0.25) is 0 Å². The van der Waals surface area contributed by atoms with Crippen LogP contribution < -0.4 is 16.4 Å². The summed E-state index contributed by atoms with van der Waals surface area (Å²) in [5.74, 6) is -0.0454.